The molecular weight excluding hydrogens is 238 g/mol. The molecule has 0 bridgehead atoms. The Kier molecular flexibility index (Phi) is 4.97. The number of hydrogen-bond acceptors (Lipinski definition) is 3. The molecule has 2 atom stereocenters. The topological polar surface area (TPSA) is 52.3 Å². The van der Waals surface area contributed by atoms with Crippen molar-refractivity contribution in [3.05, 3.63) is 35.4 Å². The first-order valence-corrected chi connectivity index (χ1v) is 5.63. The van der Waals surface area contributed by atoms with Gasteiger partial charge >= 0.3 is 5.97 Å². The maximum atomic E-state index is 11.3. The fourth-order valence-electron chi connectivity index (χ4n) is 2.44. The quantitative estimate of drug-likeness (QED) is 0.841. The van der Waals surface area contributed by atoms with Crippen LogP contribution in [-0.4, -0.2) is 19.1 Å². The summed E-state index contributed by atoms with van der Waals surface area (Å²) in [6.07, 6.45) is 2.86. The van der Waals surface area contributed by atoms with Crippen LogP contribution in [-0.2, 0) is 16.0 Å². The zero-order chi connectivity index (χ0) is 11.5. The van der Waals surface area contributed by atoms with E-state index < -0.39 is 6.04 Å². The van der Waals surface area contributed by atoms with Crippen molar-refractivity contribution in [2.75, 3.05) is 7.11 Å². The van der Waals surface area contributed by atoms with E-state index in [1.165, 1.54) is 18.2 Å². The van der Waals surface area contributed by atoms with Gasteiger partial charge in [0.05, 0.1) is 7.11 Å². The Morgan fingerprint density at radius 2 is 2.24 bits per heavy atom. The molecule has 0 fully saturated rings. The van der Waals surface area contributed by atoms with E-state index in [2.05, 4.69) is 22.9 Å². The molecule has 4 heteroatoms. The Morgan fingerprint density at radius 3 is 2.94 bits per heavy atom. The normalized spacial score (nSPS) is 19.1. The van der Waals surface area contributed by atoms with Crippen LogP contribution in [0.25, 0.3) is 0 Å². The van der Waals surface area contributed by atoms with Crippen molar-refractivity contribution in [1.29, 1.82) is 0 Å². The molecule has 1 aliphatic rings. The summed E-state index contributed by atoms with van der Waals surface area (Å²) in [7, 11) is 1.38. The molecule has 0 radical (unpaired) electrons. The number of esters is 1. The lowest BCUT2D eigenvalue weighted by atomic mass is 9.94. The Hall–Kier alpha value is -1.06. The second-order valence-electron chi connectivity index (χ2n) is 4.30. The van der Waals surface area contributed by atoms with Gasteiger partial charge in [0.25, 0.3) is 0 Å². The molecule has 1 aromatic carbocycles. The SMILES string of the molecule is COC(=O)[C@H](N)CC1CCc2ccccc21.Cl. The Balaban J connectivity index is 0.00000144. The van der Waals surface area contributed by atoms with Crippen LogP contribution in [0, 0.1) is 0 Å². The van der Waals surface area contributed by atoms with Crippen LogP contribution >= 0.6 is 12.4 Å². The van der Waals surface area contributed by atoms with Gasteiger partial charge in [0.2, 0.25) is 0 Å². The smallest absolute Gasteiger partial charge is 0.322 e. The van der Waals surface area contributed by atoms with Gasteiger partial charge in [-0.25, -0.2) is 0 Å². The summed E-state index contributed by atoms with van der Waals surface area (Å²) < 4.78 is 4.65. The zero-order valence-corrected chi connectivity index (χ0v) is 10.7. The van der Waals surface area contributed by atoms with Crippen molar-refractivity contribution in [2.24, 2.45) is 5.73 Å². The standard InChI is InChI=1S/C13H17NO2.ClH/c1-16-13(15)12(14)8-10-7-6-9-4-2-3-5-11(9)10;/h2-5,10,12H,6-8,14H2,1H3;1H/t10?,12-;/m1./s1. The molecule has 0 saturated carbocycles. The number of halogens is 1. The average Bonchev–Trinajstić information content (AvgIpc) is 2.72. The first-order chi connectivity index (χ1) is 7.72. The molecule has 2 rings (SSSR count). The minimum Gasteiger partial charge on any atom is -0.468 e. The van der Waals surface area contributed by atoms with Gasteiger partial charge in [-0.15, -0.1) is 12.4 Å². The zero-order valence-electron chi connectivity index (χ0n) is 9.89. The number of methoxy groups -OCH3 is 1. The third-order valence-corrected chi connectivity index (χ3v) is 3.30. The molecule has 1 unspecified atom stereocenters. The van der Waals surface area contributed by atoms with Gasteiger partial charge < -0.3 is 10.5 Å². The molecule has 0 amide bonds. The van der Waals surface area contributed by atoms with E-state index in [1.807, 2.05) is 6.07 Å². The summed E-state index contributed by atoms with van der Waals surface area (Å²) in [6.45, 7) is 0. The number of carbonyl (C=O) groups excluding carboxylic acids is 1. The maximum Gasteiger partial charge on any atom is 0.322 e. The van der Waals surface area contributed by atoms with E-state index in [9.17, 15) is 4.79 Å². The summed E-state index contributed by atoms with van der Waals surface area (Å²) in [5.74, 6) is 0.0923. The van der Waals surface area contributed by atoms with E-state index in [-0.39, 0.29) is 18.4 Å². The highest BCUT2D eigenvalue weighted by Gasteiger charge is 2.26. The Labute approximate surface area is 108 Å². The highest BCUT2D eigenvalue weighted by molar-refractivity contribution is 5.85. The first kappa shape index (κ1) is 14.0. The predicted octanol–water partition coefficient (Wildman–Crippen LogP) is 2.03. The number of carbonyl (C=O) groups is 1. The molecule has 0 spiro atoms. The number of hydrogen-bond donors (Lipinski definition) is 1. The molecule has 94 valence electrons. The largest absolute Gasteiger partial charge is 0.468 e. The van der Waals surface area contributed by atoms with Crippen molar-refractivity contribution in [2.45, 2.75) is 31.2 Å². The van der Waals surface area contributed by atoms with Crippen LogP contribution < -0.4 is 5.73 Å². The highest BCUT2D eigenvalue weighted by atomic mass is 35.5. The third-order valence-electron chi connectivity index (χ3n) is 3.30. The molecule has 0 aliphatic heterocycles. The molecule has 0 heterocycles. The van der Waals surface area contributed by atoms with Crippen LogP contribution in [0.2, 0.25) is 0 Å². The minimum absolute atomic E-state index is 0. The van der Waals surface area contributed by atoms with Gasteiger partial charge in [0, 0.05) is 0 Å². The van der Waals surface area contributed by atoms with E-state index in [0.717, 1.165) is 12.8 Å². The number of rotatable bonds is 3. The number of fused-ring (bicyclic) bond motifs is 1. The minimum atomic E-state index is -0.499. The van der Waals surface area contributed by atoms with Crippen LogP contribution in [0.15, 0.2) is 24.3 Å². The lowest BCUT2D eigenvalue weighted by Crippen LogP contribution is -2.32. The van der Waals surface area contributed by atoms with Gasteiger partial charge in [0.15, 0.2) is 0 Å². The number of nitrogens with two attached hydrogens (primary N) is 1. The van der Waals surface area contributed by atoms with Crippen LogP contribution in [0.4, 0.5) is 0 Å². The summed E-state index contributed by atoms with van der Waals surface area (Å²) in [5, 5.41) is 0. The van der Waals surface area contributed by atoms with E-state index in [1.54, 1.807) is 0 Å². The molecule has 1 aromatic rings. The summed E-state index contributed by atoms with van der Waals surface area (Å²) in [6, 6.07) is 7.89. The van der Waals surface area contributed by atoms with Crippen LogP contribution in [0.3, 0.4) is 0 Å². The third kappa shape index (κ3) is 2.99. The lowest BCUT2D eigenvalue weighted by molar-refractivity contribution is -0.142. The molecule has 3 nitrogen and oxygen atoms in total. The van der Waals surface area contributed by atoms with Gasteiger partial charge in [-0.1, -0.05) is 24.3 Å². The van der Waals surface area contributed by atoms with Crippen molar-refractivity contribution < 1.29 is 9.53 Å². The molecule has 0 aromatic heterocycles. The molecule has 0 saturated heterocycles. The van der Waals surface area contributed by atoms with Gasteiger partial charge in [-0.3, -0.25) is 4.79 Å². The van der Waals surface area contributed by atoms with Crippen molar-refractivity contribution in [3.8, 4) is 0 Å². The summed E-state index contributed by atoms with van der Waals surface area (Å²) >= 11 is 0. The number of ether oxygens (including phenoxy) is 1. The highest BCUT2D eigenvalue weighted by Crippen LogP contribution is 2.35. The Morgan fingerprint density at radius 1 is 1.53 bits per heavy atom. The molecular formula is C13H18ClNO2. The Bertz CT molecular complexity index is 395. The van der Waals surface area contributed by atoms with Gasteiger partial charge in [-0.2, -0.15) is 0 Å². The predicted molar refractivity (Wildman–Crippen MR) is 69.4 cm³/mol. The monoisotopic (exact) mass is 255 g/mol. The van der Waals surface area contributed by atoms with E-state index in [0.29, 0.717) is 12.3 Å². The van der Waals surface area contributed by atoms with Crippen molar-refractivity contribution in [3.63, 3.8) is 0 Å². The lowest BCUT2D eigenvalue weighted by Gasteiger charge is -2.15. The second kappa shape index (κ2) is 6.03. The first-order valence-electron chi connectivity index (χ1n) is 5.63. The van der Waals surface area contributed by atoms with Crippen molar-refractivity contribution in [1.82, 2.24) is 0 Å². The van der Waals surface area contributed by atoms with Crippen LogP contribution in [0.5, 0.6) is 0 Å². The summed E-state index contributed by atoms with van der Waals surface area (Å²) in [4.78, 5) is 11.3. The number of benzene rings is 1. The number of aryl methyl sites for hydroxylation is 1. The van der Waals surface area contributed by atoms with E-state index in [4.69, 9.17) is 5.73 Å². The van der Waals surface area contributed by atoms with Gasteiger partial charge in [-0.05, 0) is 36.3 Å². The molecule has 2 N–H and O–H groups in total. The van der Waals surface area contributed by atoms with Gasteiger partial charge in [0.1, 0.15) is 6.04 Å². The van der Waals surface area contributed by atoms with Crippen molar-refractivity contribution >= 4 is 18.4 Å². The van der Waals surface area contributed by atoms with E-state index >= 15 is 0 Å². The second-order valence-corrected chi connectivity index (χ2v) is 4.30. The molecule has 17 heavy (non-hydrogen) atoms. The van der Waals surface area contributed by atoms with Crippen LogP contribution in [0.1, 0.15) is 29.9 Å². The average molecular weight is 256 g/mol. The maximum absolute atomic E-state index is 11.3. The fourth-order valence-corrected chi connectivity index (χ4v) is 2.44. The molecule has 1 aliphatic carbocycles. The summed E-state index contributed by atoms with van der Waals surface area (Å²) in [5.41, 5.74) is 8.53. The fraction of sp³-hybridized carbons (Fsp3) is 0.462.